The van der Waals surface area contributed by atoms with Crippen molar-refractivity contribution in [2.45, 2.75) is 18.6 Å². The summed E-state index contributed by atoms with van der Waals surface area (Å²) in [5, 5.41) is -0.329. The molecule has 1 aliphatic rings. The zero-order valence-electron chi connectivity index (χ0n) is 5.22. The average Bonchev–Trinajstić information content (AvgIpc) is 2.13. The van der Waals surface area contributed by atoms with Gasteiger partial charge in [0.25, 0.3) is 0 Å². The molecule has 0 aliphatic carbocycles. The van der Waals surface area contributed by atoms with Gasteiger partial charge in [-0.15, -0.1) is 11.8 Å². The van der Waals surface area contributed by atoms with Gasteiger partial charge < -0.3 is 0 Å². The van der Waals surface area contributed by atoms with Crippen LogP contribution in [0.4, 0.5) is 0 Å². The highest BCUT2D eigenvalue weighted by Crippen LogP contribution is 2.23. The Morgan fingerprint density at radius 2 is 2.44 bits per heavy atom. The van der Waals surface area contributed by atoms with Gasteiger partial charge >= 0.3 is 0 Å². The predicted molar refractivity (Wildman–Crippen MR) is 36.6 cm³/mol. The molecular weight excluding hydrogens is 136 g/mol. The molecule has 0 radical (unpaired) electrons. The molecule has 1 fully saturated rings. The lowest BCUT2D eigenvalue weighted by atomic mass is 10.2. The Bertz CT molecular complexity index is 153. The molecule has 1 atom stereocenters. The van der Waals surface area contributed by atoms with Gasteiger partial charge in [-0.3, -0.25) is 9.59 Å². The van der Waals surface area contributed by atoms with E-state index in [-0.39, 0.29) is 16.8 Å². The molecule has 1 aliphatic heterocycles. The normalized spacial score (nSPS) is 26.8. The molecule has 1 rings (SSSR count). The van der Waals surface area contributed by atoms with E-state index in [1.165, 1.54) is 18.7 Å². The van der Waals surface area contributed by atoms with Crippen molar-refractivity contribution in [1.82, 2.24) is 0 Å². The van der Waals surface area contributed by atoms with E-state index in [1.807, 2.05) is 0 Å². The van der Waals surface area contributed by atoms with Crippen LogP contribution in [0.25, 0.3) is 0 Å². The molecule has 0 saturated carbocycles. The van der Waals surface area contributed by atoms with Crippen LogP contribution in [0.5, 0.6) is 0 Å². The van der Waals surface area contributed by atoms with Crippen molar-refractivity contribution in [1.29, 1.82) is 0 Å². The molecule has 1 unspecified atom stereocenters. The summed E-state index contributed by atoms with van der Waals surface area (Å²) in [4.78, 5) is 21.4. The minimum absolute atomic E-state index is 0.00231. The van der Waals surface area contributed by atoms with Gasteiger partial charge in [-0.25, -0.2) is 0 Å². The van der Waals surface area contributed by atoms with E-state index < -0.39 is 0 Å². The van der Waals surface area contributed by atoms with E-state index >= 15 is 0 Å². The molecule has 0 amide bonds. The summed E-state index contributed by atoms with van der Waals surface area (Å²) in [5.74, 6) is 0.929. The van der Waals surface area contributed by atoms with Crippen LogP contribution in [0, 0.1) is 0 Å². The van der Waals surface area contributed by atoms with Gasteiger partial charge in [-0.2, -0.15) is 0 Å². The summed E-state index contributed by atoms with van der Waals surface area (Å²) in [6.45, 7) is 1.47. The summed E-state index contributed by atoms with van der Waals surface area (Å²) in [5.41, 5.74) is 0. The number of ketones is 2. The van der Waals surface area contributed by atoms with Crippen LogP contribution in [-0.2, 0) is 9.59 Å². The Kier molecular flexibility index (Phi) is 1.90. The van der Waals surface area contributed by atoms with E-state index in [0.717, 1.165) is 5.75 Å². The number of hydrogen-bond acceptors (Lipinski definition) is 3. The first-order chi connectivity index (χ1) is 4.22. The largest absolute Gasteiger partial charge is 0.298 e. The second-order valence-electron chi connectivity index (χ2n) is 2.08. The van der Waals surface area contributed by atoms with Crippen molar-refractivity contribution >= 4 is 23.3 Å². The summed E-state index contributed by atoms with van der Waals surface area (Å²) >= 11 is 1.46. The quantitative estimate of drug-likeness (QED) is 0.507. The molecule has 9 heavy (non-hydrogen) atoms. The SMILES string of the molecule is CC(=O)C1SCCC1=O. The number of carbonyl (C=O) groups is 2. The molecule has 3 heteroatoms. The van der Waals surface area contributed by atoms with Crippen molar-refractivity contribution in [3.05, 3.63) is 0 Å². The minimum atomic E-state index is -0.329. The molecule has 1 saturated heterocycles. The second kappa shape index (κ2) is 2.52. The van der Waals surface area contributed by atoms with Crippen LogP contribution in [0.1, 0.15) is 13.3 Å². The fourth-order valence-corrected chi connectivity index (χ4v) is 1.94. The zero-order chi connectivity index (χ0) is 6.85. The smallest absolute Gasteiger partial charge is 0.154 e. The molecule has 2 nitrogen and oxygen atoms in total. The Hall–Kier alpha value is -0.310. The van der Waals surface area contributed by atoms with Crippen LogP contribution in [-0.4, -0.2) is 22.6 Å². The third-order valence-electron chi connectivity index (χ3n) is 1.29. The molecule has 0 bridgehead atoms. The Labute approximate surface area is 58.0 Å². The fraction of sp³-hybridized carbons (Fsp3) is 0.667. The topological polar surface area (TPSA) is 34.1 Å². The van der Waals surface area contributed by atoms with Crippen LogP contribution in [0.15, 0.2) is 0 Å². The van der Waals surface area contributed by atoms with E-state index in [4.69, 9.17) is 0 Å². The lowest BCUT2D eigenvalue weighted by Gasteiger charge is -1.97. The maximum atomic E-state index is 10.8. The minimum Gasteiger partial charge on any atom is -0.298 e. The van der Waals surface area contributed by atoms with Crippen LogP contribution < -0.4 is 0 Å². The monoisotopic (exact) mass is 144 g/mol. The lowest BCUT2D eigenvalue weighted by Crippen LogP contribution is -2.18. The van der Waals surface area contributed by atoms with Gasteiger partial charge in [0.2, 0.25) is 0 Å². The maximum Gasteiger partial charge on any atom is 0.154 e. The van der Waals surface area contributed by atoms with Gasteiger partial charge in [0.15, 0.2) is 5.78 Å². The summed E-state index contributed by atoms with van der Waals surface area (Å²) in [6, 6.07) is 0. The van der Waals surface area contributed by atoms with Gasteiger partial charge in [-0.1, -0.05) is 0 Å². The first kappa shape index (κ1) is 6.81. The zero-order valence-corrected chi connectivity index (χ0v) is 6.03. The van der Waals surface area contributed by atoms with Crippen LogP contribution in [0.2, 0.25) is 0 Å². The van der Waals surface area contributed by atoms with Crippen molar-refractivity contribution < 1.29 is 9.59 Å². The Balaban J connectivity index is 2.60. The van der Waals surface area contributed by atoms with E-state index in [9.17, 15) is 9.59 Å². The predicted octanol–water partition coefficient (Wildman–Crippen LogP) is 0.650. The second-order valence-corrected chi connectivity index (χ2v) is 3.29. The molecule has 50 valence electrons. The third kappa shape index (κ3) is 1.33. The van der Waals surface area contributed by atoms with Crippen molar-refractivity contribution in [2.24, 2.45) is 0 Å². The number of rotatable bonds is 1. The number of Topliss-reactive ketones (excluding diaryl/α,β-unsaturated/α-hetero) is 2. The molecule has 0 aromatic rings. The number of hydrogen-bond donors (Lipinski definition) is 0. The van der Waals surface area contributed by atoms with Crippen molar-refractivity contribution in [3.63, 3.8) is 0 Å². The van der Waals surface area contributed by atoms with E-state index in [2.05, 4.69) is 0 Å². The van der Waals surface area contributed by atoms with E-state index in [0.29, 0.717) is 6.42 Å². The molecule has 0 N–H and O–H groups in total. The molecular formula is C6H8O2S. The number of carbonyl (C=O) groups excluding carboxylic acids is 2. The highest BCUT2D eigenvalue weighted by Gasteiger charge is 2.28. The molecule has 0 aromatic heterocycles. The first-order valence-corrected chi connectivity index (χ1v) is 3.91. The number of thioether (sulfide) groups is 1. The van der Waals surface area contributed by atoms with Gasteiger partial charge in [0.1, 0.15) is 11.0 Å². The lowest BCUT2D eigenvalue weighted by molar-refractivity contribution is -0.124. The average molecular weight is 144 g/mol. The van der Waals surface area contributed by atoms with Crippen LogP contribution >= 0.6 is 11.8 Å². The van der Waals surface area contributed by atoms with Crippen LogP contribution in [0.3, 0.4) is 0 Å². The third-order valence-corrected chi connectivity index (χ3v) is 2.66. The Morgan fingerprint density at radius 1 is 1.78 bits per heavy atom. The van der Waals surface area contributed by atoms with Crippen molar-refractivity contribution in [3.8, 4) is 0 Å². The highest BCUT2D eigenvalue weighted by molar-refractivity contribution is 8.01. The molecule has 1 heterocycles. The van der Waals surface area contributed by atoms with Crippen molar-refractivity contribution in [2.75, 3.05) is 5.75 Å². The summed E-state index contributed by atoms with van der Waals surface area (Å²) < 4.78 is 0. The Morgan fingerprint density at radius 3 is 2.67 bits per heavy atom. The maximum absolute atomic E-state index is 10.8. The first-order valence-electron chi connectivity index (χ1n) is 2.86. The standard InChI is InChI=1S/C6H8O2S/c1-4(7)6-5(8)2-3-9-6/h6H,2-3H2,1H3. The molecule has 0 aromatic carbocycles. The highest BCUT2D eigenvalue weighted by atomic mass is 32.2. The fourth-order valence-electron chi connectivity index (χ4n) is 0.845. The summed E-state index contributed by atoms with van der Waals surface area (Å²) in [6.07, 6.45) is 0.578. The van der Waals surface area contributed by atoms with Gasteiger partial charge in [0, 0.05) is 12.2 Å². The molecule has 0 spiro atoms. The van der Waals surface area contributed by atoms with E-state index in [1.54, 1.807) is 0 Å². The summed E-state index contributed by atoms with van der Waals surface area (Å²) in [7, 11) is 0. The van der Waals surface area contributed by atoms with Gasteiger partial charge in [-0.05, 0) is 6.92 Å². The van der Waals surface area contributed by atoms with Gasteiger partial charge in [0.05, 0.1) is 0 Å².